The Morgan fingerprint density at radius 3 is 2.45 bits per heavy atom. The second kappa shape index (κ2) is 9.27. The van der Waals surface area contributed by atoms with Crippen LogP contribution in [0.25, 0.3) is 17.2 Å². The number of carbonyl (C=O) groups excluding carboxylic acids is 3. The molecule has 1 heterocycles. The Hall–Kier alpha value is -3.96. The standard InChI is InChI=1S/C31H35N3O8/c1-12(2)18-11-42-29(34-18)15-5-6-19(35)21-16(15)7-13-8-17-23(33-14-9-30(3,4)10-14)25(37)22(28(32)40)27(39)31(17,41)26(38)20(13)24(21)36/h5-6,11-14,17,23,33,35-36,39,41H,7-10H2,1-4H3,(H2,32,40). The Bertz CT molecular complexity index is 1610. The van der Waals surface area contributed by atoms with Crippen molar-refractivity contribution in [3.63, 3.8) is 0 Å². The van der Waals surface area contributed by atoms with E-state index < -0.39 is 58.0 Å². The van der Waals surface area contributed by atoms with E-state index in [2.05, 4.69) is 24.1 Å². The van der Waals surface area contributed by atoms with Crippen LogP contribution in [0.5, 0.6) is 5.75 Å². The van der Waals surface area contributed by atoms with E-state index in [1.54, 1.807) is 12.3 Å². The molecule has 2 fully saturated rings. The molecule has 6 rings (SSSR count). The molecule has 0 spiro atoms. The number of aliphatic hydroxyl groups is 3. The summed E-state index contributed by atoms with van der Waals surface area (Å²) in [6.07, 6.45) is 3.18. The molecule has 1 aromatic heterocycles. The zero-order valence-electron chi connectivity index (χ0n) is 23.9. The molecule has 2 aromatic rings. The van der Waals surface area contributed by atoms with Crippen LogP contribution >= 0.6 is 0 Å². The molecule has 42 heavy (non-hydrogen) atoms. The molecule has 0 bridgehead atoms. The number of carbonyl (C=O) groups is 3. The summed E-state index contributed by atoms with van der Waals surface area (Å²) in [4.78, 5) is 44.6. The SMILES string of the molecule is CC(C)c1coc(-c2ccc(O)c3c2CC2CC4C(NC5CC(C)(C)C5)C(=O)C(C(N)=O)=C(O)C4(O)C(=O)C2=C3O)n1. The molecular formula is C31H35N3O8. The number of aliphatic hydroxyl groups excluding tert-OH is 2. The number of oxazole rings is 1. The van der Waals surface area contributed by atoms with Gasteiger partial charge < -0.3 is 35.9 Å². The molecule has 0 saturated heterocycles. The Labute approximate surface area is 242 Å². The third kappa shape index (κ3) is 3.94. The number of primary amides is 1. The van der Waals surface area contributed by atoms with Crippen LogP contribution in [-0.4, -0.2) is 60.6 Å². The number of ketones is 2. The number of aromatic nitrogens is 1. The first-order chi connectivity index (χ1) is 19.7. The van der Waals surface area contributed by atoms with E-state index in [0.717, 1.165) is 18.5 Å². The quantitative estimate of drug-likeness (QED) is 0.287. The molecule has 4 aliphatic rings. The largest absolute Gasteiger partial charge is 0.508 e. The van der Waals surface area contributed by atoms with Crippen molar-refractivity contribution in [3.05, 3.63) is 52.1 Å². The third-order valence-corrected chi connectivity index (χ3v) is 9.44. The van der Waals surface area contributed by atoms with Crippen molar-refractivity contribution in [3.8, 4) is 17.2 Å². The first-order valence-corrected chi connectivity index (χ1v) is 14.2. The van der Waals surface area contributed by atoms with Crippen molar-refractivity contribution in [2.75, 3.05) is 0 Å². The minimum atomic E-state index is -2.69. The van der Waals surface area contributed by atoms with Crippen LogP contribution in [-0.2, 0) is 20.8 Å². The molecule has 11 heteroatoms. The molecule has 7 N–H and O–H groups in total. The van der Waals surface area contributed by atoms with E-state index in [4.69, 9.17) is 10.2 Å². The maximum atomic E-state index is 14.1. The van der Waals surface area contributed by atoms with Gasteiger partial charge >= 0.3 is 0 Å². The van der Waals surface area contributed by atoms with Gasteiger partial charge in [0.2, 0.25) is 11.7 Å². The van der Waals surface area contributed by atoms with Crippen molar-refractivity contribution < 1.29 is 39.2 Å². The number of hydrogen-bond acceptors (Lipinski definition) is 10. The van der Waals surface area contributed by atoms with Crippen LogP contribution in [0, 0.1) is 17.3 Å². The first kappa shape index (κ1) is 28.2. The topological polar surface area (TPSA) is 196 Å². The number of rotatable bonds is 5. The molecular weight excluding hydrogens is 542 g/mol. The number of nitrogens with two attached hydrogens (primary N) is 1. The van der Waals surface area contributed by atoms with Crippen LogP contribution in [0.4, 0.5) is 0 Å². The van der Waals surface area contributed by atoms with Crippen molar-refractivity contribution in [1.29, 1.82) is 0 Å². The number of benzene rings is 1. The van der Waals surface area contributed by atoms with Gasteiger partial charge in [0.1, 0.15) is 29.1 Å². The Morgan fingerprint density at radius 2 is 1.86 bits per heavy atom. The predicted octanol–water partition coefficient (Wildman–Crippen LogP) is 2.96. The maximum absolute atomic E-state index is 14.1. The number of fused-ring (bicyclic) bond motifs is 3. The fraction of sp³-hybridized carbons (Fsp3) is 0.484. The van der Waals surface area contributed by atoms with Gasteiger partial charge in [0, 0.05) is 23.1 Å². The number of nitrogens with one attached hydrogen (secondary N) is 1. The van der Waals surface area contributed by atoms with Gasteiger partial charge in [-0.05, 0) is 60.6 Å². The highest BCUT2D eigenvalue weighted by Gasteiger charge is 2.64. The predicted molar refractivity (Wildman–Crippen MR) is 150 cm³/mol. The molecule has 222 valence electrons. The van der Waals surface area contributed by atoms with Gasteiger partial charge in [-0.2, -0.15) is 0 Å². The molecule has 2 saturated carbocycles. The normalized spacial score (nSPS) is 28.9. The molecule has 4 unspecified atom stereocenters. The number of phenolic OH excluding ortho intramolecular Hbond substituents is 1. The molecule has 11 nitrogen and oxygen atoms in total. The molecule has 1 amide bonds. The fourth-order valence-corrected chi connectivity index (χ4v) is 7.39. The average molecular weight is 578 g/mol. The molecule has 4 aliphatic carbocycles. The van der Waals surface area contributed by atoms with Crippen molar-refractivity contribution >= 4 is 23.2 Å². The van der Waals surface area contributed by atoms with Crippen molar-refractivity contribution in [2.24, 2.45) is 23.0 Å². The van der Waals surface area contributed by atoms with E-state index in [9.17, 15) is 34.8 Å². The summed E-state index contributed by atoms with van der Waals surface area (Å²) in [6.45, 7) is 8.10. The zero-order chi connectivity index (χ0) is 30.5. The third-order valence-electron chi connectivity index (χ3n) is 9.44. The lowest BCUT2D eigenvalue weighted by molar-refractivity contribution is -0.151. The summed E-state index contributed by atoms with van der Waals surface area (Å²) in [6, 6.07) is 1.71. The van der Waals surface area contributed by atoms with Gasteiger partial charge in [0.05, 0.1) is 17.3 Å². The van der Waals surface area contributed by atoms with Gasteiger partial charge in [0.15, 0.2) is 11.4 Å². The lowest BCUT2D eigenvalue weighted by Gasteiger charge is -2.51. The van der Waals surface area contributed by atoms with Crippen molar-refractivity contribution in [2.45, 2.75) is 77.0 Å². The van der Waals surface area contributed by atoms with Gasteiger partial charge in [0.25, 0.3) is 5.91 Å². The average Bonchev–Trinajstić information content (AvgIpc) is 3.38. The Kier molecular flexibility index (Phi) is 6.22. The van der Waals surface area contributed by atoms with Crippen LogP contribution in [0.15, 0.2) is 39.7 Å². The molecule has 0 aliphatic heterocycles. The minimum absolute atomic E-state index is 0.00435. The first-order valence-electron chi connectivity index (χ1n) is 14.2. The summed E-state index contributed by atoms with van der Waals surface area (Å²) in [5, 5.41) is 48.5. The zero-order valence-corrected chi connectivity index (χ0v) is 23.9. The van der Waals surface area contributed by atoms with Gasteiger partial charge in [-0.1, -0.05) is 27.7 Å². The van der Waals surface area contributed by atoms with Crippen molar-refractivity contribution in [1.82, 2.24) is 10.3 Å². The highest BCUT2D eigenvalue weighted by molar-refractivity contribution is 6.24. The molecule has 1 aromatic carbocycles. The van der Waals surface area contributed by atoms with E-state index in [0.29, 0.717) is 11.1 Å². The summed E-state index contributed by atoms with van der Waals surface area (Å²) in [5.41, 5.74) is 3.53. The minimum Gasteiger partial charge on any atom is -0.508 e. The summed E-state index contributed by atoms with van der Waals surface area (Å²) in [7, 11) is 0. The number of hydrogen-bond donors (Lipinski definition) is 6. The highest BCUT2D eigenvalue weighted by Crippen LogP contribution is 2.53. The number of amides is 1. The number of Topliss-reactive ketones (excluding diaryl/α,β-unsaturated/α-hetero) is 2. The number of phenols is 1. The number of aromatic hydroxyl groups is 1. The van der Waals surface area contributed by atoms with Crippen LogP contribution in [0.1, 0.15) is 69.7 Å². The summed E-state index contributed by atoms with van der Waals surface area (Å²) >= 11 is 0. The monoisotopic (exact) mass is 577 g/mol. The molecule has 0 radical (unpaired) electrons. The smallest absolute Gasteiger partial charge is 0.255 e. The van der Waals surface area contributed by atoms with Gasteiger partial charge in [-0.3, -0.25) is 14.4 Å². The second-order valence-corrected chi connectivity index (χ2v) is 13.2. The van der Waals surface area contributed by atoms with Gasteiger partial charge in [-0.25, -0.2) is 4.98 Å². The maximum Gasteiger partial charge on any atom is 0.255 e. The highest BCUT2D eigenvalue weighted by atomic mass is 16.4. The van der Waals surface area contributed by atoms with Crippen LogP contribution < -0.4 is 11.1 Å². The fourth-order valence-electron chi connectivity index (χ4n) is 7.39. The van der Waals surface area contributed by atoms with Crippen LogP contribution in [0.2, 0.25) is 0 Å². The summed E-state index contributed by atoms with van der Waals surface area (Å²) in [5.74, 6) is -6.48. The second-order valence-electron chi connectivity index (χ2n) is 13.2. The Morgan fingerprint density at radius 1 is 1.17 bits per heavy atom. The van der Waals surface area contributed by atoms with E-state index in [1.807, 2.05) is 13.8 Å². The number of nitrogens with zero attached hydrogens (tertiary/aromatic N) is 1. The summed E-state index contributed by atoms with van der Waals surface area (Å²) < 4.78 is 5.74. The lowest BCUT2D eigenvalue weighted by atomic mass is 9.57. The van der Waals surface area contributed by atoms with E-state index in [-0.39, 0.29) is 53.0 Å². The molecule has 4 atom stereocenters. The van der Waals surface area contributed by atoms with Crippen LogP contribution in [0.3, 0.4) is 0 Å². The van der Waals surface area contributed by atoms with Gasteiger partial charge in [-0.15, -0.1) is 0 Å². The lowest BCUT2D eigenvalue weighted by Crippen LogP contribution is -2.68. The van der Waals surface area contributed by atoms with E-state index in [1.165, 1.54) is 6.07 Å². The van der Waals surface area contributed by atoms with E-state index >= 15 is 0 Å². The Balaban J connectivity index is 1.48.